The fourth-order valence-electron chi connectivity index (χ4n) is 5.55. The first-order valence-corrected chi connectivity index (χ1v) is 11.7. The number of benzene rings is 1. The number of fused-ring (bicyclic) bond motifs is 1. The number of nitrogens with one attached hydrogen (secondary N) is 1. The Hall–Kier alpha value is -2.06. The number of carbonyl (C=O) groups excluding carboxylic acids is 2. The molecule has 1 aromatic rings. The van der Waals surface area contributed by atoms with Crippen LogP contribution < -0.4 is 5.32 Å². The number of halogens is 2. The Morgan fingerprint density at radius 3 is 2.59 bits per heavy atom. The van der Waals surface area contributed by atoms with Gasteiger partial charge in [-0.1, -0.05) is 6.07 Å². The molecule has 0 aliphatic carbocycles. The average molecular weight is 450 g/mol. The molecule has 1 N–H and O–H groups in total. The number of ether oxygens (including phenoxy) is 1. The van der Waals surface area contributed by atoms with E-state index in [4.69, 9.17) is 4.74 Å². The van der Waals surface area contributed by atoms with Gasteiger partial charge in [-0.25, -0.2) is 8.78 Å². The van der Waals surface area contributed by atoms with Crippen molar-refractivity contribution in [3.8, 4) is 0 Å². The number of amides is 2. The molecule has 0 spiro atoms. The molecule has 176 valence electrons. The van der Waals surface area contributed by atoms with Gasteiger partial charge in [0.15, 0.2) is 11.6 Å². The lowest BCUT2D eigenvalue weighted by molar-refractivity contribution is -0.133. The highest BCUT2D eigenvalue weighted by molar-refractivity contribution is 5.77. The van der Waals surface area contributed by atoms with Crippen LogP contribution in [0.5, 0.6) is 0 Å². The minimum Gasteiger partial charge on any atom is -0.376 e. The number of rotatable bonds is 7. The summed E-state index contributed by atoms with van der Waals surface area (Å²) in [5, 5.41) is 2.96. The van der Waals surface area contributed by atoms with Crippen LogP contribution in [0.25, 0.3) is 0 Å². The molecule has 3 aliphatic rings. The van der Waals surface area contributed by atoms with E-state index in [0.29, 0.717) is 38.1 Å². The topological polar surface area (TPSA) is 61.9 Å². The summed E-state index contributed by atoms with van der Waals surface area (Å²) < 4.78 is 33.2. The summed E-state index contributed by atoms with van der Waals surface area (Å²) in [5.41, 5.74) is 0.687. The maximum Gasteiger partial charge on any atom is 0.225 e. The fraction of sp³-hybridized carbons (Fsp3) is 0.667. The maximum atomic E-state index is 13.7. The zero-order chi connectivity index (χ0) is 22.8. The SMILES string of the molecule is CC(C)NC(=O)C[C@@H]1CN(Cc2ccc(F)c(F)c2)[C@@H]2CO[C@@H](CC(=O)N3CCCC3)[C@H]12. The molecule has 3 aliphatic heterocycles. The third-order valence-corrected chi connectivity index (χ3v) is 6.94. The molecule has 1 aromatic carbocycles. The van der Waals surface area contributed by atoms with Gasteiger partial charge in [-0.05, 0) is 50.3 Å². The summed E-state index contributed by atoms with van der Waals surface area (Å²) in [6.07, 6.45) is 2.57. The first-order valence-electron chi connectivity index (χ1n) is 11.7. The van der Waals surface area contributed by atoms with Gasteiger partial charge in [-0.2, -0.15) is 0 Å². The zero-order valence-corrected chi connectivity index (χ0v) is 18.9. The summed E-state index contributed by atoms with van der Waals surface area (Å²) in [7, 11) is 0. The third-order valence-electron chi connectivity index (χ3n) is 6.94. The fourth-order valence-corrected chi connectivity index (χ4v) is 5.55. The molecule has 3 fully saturated rings. The molecule has 3 saturated heterocycles. The van der Waals surface area contributed by atoms with Gasteiger partial charge < -0.3 is 15.0 Å². The lowest BCUT2D eigenvalue weighted by Gasteiger charge is -2.25. The minimum absolute atomic E-state index is 0.00468. The van der Waals surface area contributed by atoms with Crippen molar-refractivity contribution in [2.24, 2.45) is 11.8 Å². The highest BCUT2D eigenvalue weighted by atomic mass is 19.2. The quantitative estimate of drug-likeness (QED) is 0.696. The predicted octanol–water partition coefficient (Wildman–Crippen LogP) is 2.71. The summed E-state index contributed by atoms with van der Waals surface area (Å²) in [6.45, 7) is 7.08. The Kier molecular flexibility index (Phi) is 7.10. The van der Waals surface area contributed by atoms with Gasteiger partial charge in [0, 0.05) is 50.6 Å². The molecule has 8 heteroatoms. The normalized spacial score (nSPS) is 27.8. The lowest BCUT2D eigenvalue weighted by Crippen LogP contribution is -2.37. The second-order valence-electron chi connectivity index (χ2n) is 9.67. The number of nitrogens with zero attached hydrogens (tertiary/aromatic N) is 2. The summed E-state index contributed by atoms with van der Waals surface area (Å²) >= 11 is 0. The molecule has 6 nitrogen and oxygen atoms in total. The van der Waals surface area contributed by atoms with E-state index < -0.39 is 11.6 Å². The number of likely N-dealkylation sites (tertiary alicyclic amines) is 2. The Labute approximate surface area is 188 Å². The maximum absolute atomic E-state index is 13.7. The average Bonchev–Trinajstić information content (AvgIpc) is 3.44. The van der Waals surface area contributed by atoms with Crippen molar-refractivity contribution < 1.29 is 23.1 Å². The van der Waals surface area contributed by atoms with Crippen molar-refractivity contribution in [2.45, 2.75) is 64.3 Å². The van der Waals surface area contributed by atoms with Crippen LogP contribution in [0.1, 0.15) is 45.1 Å². The monoisotopic (exact) mass is 449 g/mol. The molecular formula is C24H33F2N3O3. The van der Waals surface area contributed by atoms with E-state index in [-0.39, 0.29) is 41.8 Å². The Balaban J connectivity index is 1.48. The molecule has 0 saturated carbocycles. The minimum atomic E-state index is -0.860. The van der Waals surface area contributed by atoms with Crippen molar-refractivity contribution in [2.75, 3.05) is 26.2 Å². The van der Waals surface area contributed by atoms with E-state index in [2.05, 4.69) is 10.2 Å². The standard InChI is InChI=1S/C24H33F2N3O3/c1-15(2)27-22(30)10-17-13-29(12-16-5-6-18(25)19(26)9-16)20-14-32-21(24(17)20)11-23(31)28-7-3-4-8-28/h5-6,9,15,17,20-21,24H,3-4,7-8,10-14H2,1-2H3,(H,27,30)/t17-,20-,21+,24-/m1/s1. The molecule has 32 heavy (non-hydrogen) atoms. The van der Waals surface area contributed by atoms with Gasteiger partial charge in [0.05, 0.1) is 19.1 Å². The largest absolute Gasteiger partial charge is 0.376 e. The van der Waals surface area contributed by atoms with Gasteiger partial charge in [0.2, 0.25) is 11.8 Å². The van der Waals surface area contributed by atoms with Crippen LogP contribution in [0.4, 0.5) is 8.78 Å². The highest BCUT2D eigenvalue weighted by Gasteiger charge is 2.51. The van der Waals surface area contributed by atoms with Crippen molar-refractivity contribution in [1.82, 2.24) is 15.1 Å². The van der Waals surface area contributed by atoms with Crippen LogP contribution in [0, 0.1) is 23.5 Å². The molecule has 3 heterocycles. The van der Waals surface area contributed by atoms with E-state index in [9.17, 15) is 18.4 Å². The zero-order valence-electron chi connectivity index (χ0n) is 18.9. The number of hydrogen-bond donors (Lipinski definition) is 1. The van der Waals surface area contributed by atoms with Crippen LogP contribution in [-0.4, -0.2) is 66.0 Å². The van der Waals surface area contributed by atoms with Crippen molar-refractivity contribution in [3.05, 3.63) is 35.4 Å². The molecule has 2 amide bonds. The van der Waals surface area contributed by atoms with Gasteiger partial charge in [0.1, 0.15) is 0 Å². The highest BCUT2D eigenvalue weighted by Crippen LogP contribution is 2.42. The summed E-state index contributed by atoms with van der Waals surface area (Å²) in [6, 6.07) is 4.08. The van der Waals surface area contributed by atoms with Gasteiger partial charge in [-0.3, -0.25) is 14.5 Å². The summed E-state index contributed by atoms with van der Waals surface area (Å²) in [4.78, 5) is 29.4. The van der Waals surface area contributed by atoms with Gasteiger partial charge in [0.25, 0.3) is 0 Å². The van der Waals surface area contributed by atoms with Crippen LogP contribution >= 0.6 is 0 Å². The van der Waals surface area contributed by atoms with E-state index in [1.807, 2.05) is 18.7 Å². The predicted molar refractivity (Wildman–Crippen MR) is 116 cm³/mol. The van der Waals surface area contributed by atoms with Gasteiger partial charge in [-0.15, -0.1) is 0 Å². The van der Waals surface area contributed by atoms with E-state index >= 15 is 0 Å². The lowest BCUT2D eigenvalue weighted by atomic mass is 9.84. The summed E-state index contributed by atoms with van der Waals surface area (Å²) in [5.74, 6) is -1.50. The Bertz CT molecular complexity index is 844. The third kappa shape index (κ3) is 5.12. The van der Waals surface area contributed by atoms with E-state index in [0.717, 1.165) is 32.0 Å². The van der Waals surface area contributed by atoms with Crippen LogP contribution in [0.3, 0.4) is 0 Å². The number of hydrogen-bond acceptors (Lipinski definition) is 4. The molecular weight excluding hydrogens is 416 g/mol. The molecule has 4 rings (SSSR count). The van der Waals surface area contributed by atoms with Crippen molar-refractivity contribution in [1.29, 1.82) is 0 Å². The molecule has 4 atom stereocenters. The Morgan fingerprint density at radius 1 is 1.16 bits per heavy atom. The van der Waals surface area contributed by atoms with Crippen LogP contribution in [-0.2, 0) is 20.9 Å². The second kappa shape index (κ2) is 9.83. The molecule has 0 bridgehead atoms. The molecule has 0 unspecified atom stereocenters. The van der Waals surface area contributed by atoms with E-state index in [1.54, 1.807) is 6.07 Å². The van der Waals surface area contributed by atoms with Crippen molar-refractivity contribution in [3.63, 3.8) is 0 Å². The molecule has 0 aromatic heterocycles. The first kappa shape index (κ1) is 23.1. The van der Waals surface area contributed by atoms with Crippen LogP contribution in [0.2, 0.25) is 0 Å². The van der Waals surface area contributed by atoms with Gasteiger partial charge >= 0.3 is 0 Å². The second-order valence-corrected chi connectivity index (χ2v) is 9.67. The van der Waals surface area contributed by atoms with Crippen molar-refractivity contribution >= 4 is 11.8 Å². The number of carbonyl (C=O) groups is 2. The first-order chi connectivity index (χ1) is 15.3. The Morgan fingerprint density at radius 2 is 1.91 bits per heavy atom. The smallest absolute Gasteiger partial charge is 0.225 e. The van der Waals surface area contributed by atoms with Crippen LogP contribution in [0.15, 0.2) is 18.2 Å². The molecule has 0 radical (unpaired) electrons. The van der Waals surface area contributed by atoms with E-state index in [1.165, 1.54) is 6.07 Å².